The van der Waals surface area contributed by atoms with E-state index in [1.165, 1.54) is 6.08 Å². The molecule has 0 aliphatic heterocycles. The third-order valence-electron chi connectivity index (χ3n) is 2.40. The first-order chi connectivity index (χ1) is 9.54. The molecule has 5 heteroatoms. The summed E-state index contributed by atoms with van der Waals surface area (Å²) in [6, 6.07) is 12.9. The number of carbonyl (C=O) groups is 1. The summed E-state index contributed by atoms with van der Waals surface area (Å²) in [4.78, 5) is 10.5. The normalized spacial score (nSPS) is 10.7. The summed E-state index contributed by atoms with van der Waals surface area (Å²) >= 11 is 6.80. The zero-order chi connectivity index (χ0) is 14.5. The molecule has 0 atom stereocenters. The van der Waals surface area contributed by atoms with E-state index in [0.29, 0.717) is 11.5 Å². The number of halogens is 2. The predicted octanol–water partition coefficient (Wildman–Crippen LogP) is 5.10. The van der Waals surface area contributed by atoms with E-state index in [2.05, 4.69) is 31.9 Å². The lowest BCUT2D eigenvalue weighted by atomic mass is 10.2. The molecule has 2 rings (SSSR count). The number of hydrogen-bond acceptors (Lipinski definition) is 2. The molecule has 0 heterocycles. The van der Waals surface area contributed by atoms with Gasteiger partial charge in [0, 0.05) is 10.5 Å². The molecule has 0 aliphatic carbocycles. The standard InChI is InChI=1S/C15H10Br2O3/c16-11-2-1-3-12(9-11)20-14-6-4-10(8-13(14)17)5-7-15(18)19/h1-9H,(H,18,19)/b7-5+. The second-order valence-corrected chi connectivity index (χ2v) is 5.69. The highest BCUT2D eigenvalue weighted by molar-refractivity contribution is 9.10. The highest BCUT2D eigenvalue weighted by Crippen LogP contribution is 2.31. The van der Waals surface area contributed by atoms with Crippen molar-refractivity contribution in [2.24, 2.45) is 0 Å². The molecular formula is C15H10Br2O3. The maximum absolute atomic E-state index is 10.5. The van der Waals surface area contributed by atoms with Crippen LogP contribution < -0.4 is 4.74 Å². The van der Waals surface area contributed by atoms with E-state index >= 15 is 0 Å². The van der Waals surface area contributed by atoms with Crippen LogP contribution in [0.1, 0.15) is 5.56 Å². The van der Waals surface area contributed by atoms with E-state index in [9.17, 15) is 4.79 Å². The van der Waals surface area contributed by atoms with Crippen molar-refractivity contribution in [3.63, 3.8) is 0 Å². The van der Waals surface area contributed by atoms with Crippen molar-refractivity contribution in [1.82, 2.24) is 0 Å². The van der Waals surface area contributed by atoms with Crippen molar-refractivity contribution in [1.29, 1.82) is 0 Å². The molecule has 0 aliphatic rings. The Labute approximate surface area is 133 Å². The SMILES string of the molecule is O=C(O)/C=C/c1ccc(Oc2cccc(Br)c2)c(Br)c1. The topological polar surface area (TPSA) is 46.5 Å². The van der Waals surface area contributed by atoms with Crippen molar-refractivity contribution >= 4 is 43.9 Å². The van der Waals surface area contributed by atoms with E-state index in [-0.39, 0.29) is 0 Å². The number of carboxylic acid groups (broad SMARTS) is 1. The van der Waals surface area contributed by atoms with E-state index in [4.69, 9.17) is 9.84 Å². The van der Waals surface area contributed by atoms with Crippen LogP contribution in [0.4, 0.5) is 0 Å². The Kier molecular flexibility index (Phi) is 4.98. The summed E-state index contributed by atoms with van der Waals surface area (Å²) in [5.74, 6) is 0.403. The monoisotopic (exact) mass is 396 g/mol. The molecule has 2 aromatic rings. The van der Waals surface area contributed by atoms with Gasteiger partial charge in [0.25, 0.3) is 0 Å². The van der Waals surface area contributed by atoms with Crippen LogP contribution in [-0.2, 0) is 4.79 Å². The number of ether oxygens (including phenoxy) is 1. The second kappa shape index (κ2) is 6.72. The third kappa shape index (κ3) is 4.21. The van der Waals surface area contributed by atoms with Gasteiger partial charge < -0.3 is 9.84 Å². The Morgan fingerprint density at radius 3 is 2.60 bits per heavy atom. The lowest BCUT2D eigenvalue weighted by Crippen LogP contribution is -1.88. The molecule has 0 amide bonds. The van der Waals surface area contributed by atoms with Gasteiger partial charge in [-0.15, -0.1) is 0 Å². The highest BCUT2D eigenvalue weighted by atomic mass is 79.9. The van der Waals surface area contributed by atoms with Crippen LogP contribution in [0.15, 0.2) is 57.5 Å². The molecule has 2 aromatic carbocycles. The zero-order valence-electron chi connectivity index (χ0n) is 10.2. The van der Waals surface area contributed by atoms with Gasteiger partial charge in [0.1, 0.15) is 11.5 Å². The van der Waals surface area contributed by atoms with Gasteiger partial charge in [-0.05, 0) is 57.9 Å². The van der Waals surface area contributed by atoms with Gasteiger partial charge in [0.05, 0.1) is 4.47 Å². The zero-order valence-corrected chi connectivity index (χ0v) is 13.4. The summed E-state index contributed by atoms with van der Waals surface area (Å²) in [6.45, 7) is 0. The summed E-state index contributed by atoms with van der Waals surface area (Å²) in [6.07, 6.45) is 2.62. The van der Waals surface area contributed by atoms with Gasteiger partial charge >= 0.3 is 5.97 Å². The second-order valence-electron chi connectivity index (χ2n) is 3.92. The van der Waals surface area contributed by atoms with Crippen LogP contribution in [0, 0.1) is 0 Å². The number of rotatable bonds is 4. The van der Waals surface area contributed by atoms with Crippen molar-refractivity contribution in [2.75, 3.05) is 0 Å². The molecule has 0 saturated carbocycles. The molecule has 0 spiro atoms. The van der Waals surface area contributed by atoms with Crippen molar-refractivity contribution < 1.29 is 14.6 Å². The Morgan fingerprint density at radius 1 is 1.15 bits per heavy atom. The summed E-state index contributed by atoms with van der Waals surface area (Å²) < 4.78 is 7.45. The highest BCUT2D eigenvalue weighted by Gasteiger charge is 2.04. The van der Waals surface area contributed by atoms with Crippen molar-refractivity contribution in [2.45, 2.75) is 0 Å². The van der Waals surface area contributed by atoms with Crippen molar-refractivity contribution in [3.05, 3.63) is 63.0 Å². The fraction of sp³-hybridized carbons (Fsp3) is 0. The minimum atomic E-state index is -0.976. The lowest BCUT2D eigenvalue weighted by molar-refractivity contribution is -0.131. The van der Waals surface area contributed by atoms with Gasteiger partial charge in [-0.25, -0.2) is 4.79 Å². The average Bonchev–Trinajstić information content (AvgIpc) is 2.39. The molecule has 0 radical (unpaired) electrons. The van der Waals surface area contributed by atoms with E-state index in [1.807, 2.05) is 24.3 Å². The first-order valence-electron chi connectivity index (χ1n) is 5.68. The maximum Gasteiger partial charge on any atom is 0.328 e. The first kappa shape index (κ1) is 14.8. The summed E-state index contributed by atoms with van der Waals surface area (Å²) in [5.41, 5.74) is 0.779. The first-order valence-corrected chi connectivity index (χ1v) is 7.27. The Bertz CT molecular complexity index is 666. The quantitative estimate of drug-likeness (QED) is 0.730. The Morgan fingerprint density at radius 2 is 1.95 bits per heavy atom. The van der Waals surface area contributed by atoms with Gasteiger partial charge in [-0.2, -0.15) is 0 Å². The van der Waals surface area contributed by atoms with Crippen molar-refractivity contribution in [3.8, 4) is 11.5 Å². The number of hydrogen-bond donors (Lipinski definition) is 1. The van der Waals surface area contributed by atoms with Crippen LogP contribution in [-0.4, -0.2) is 11.1 Å². The largest absolute Gasteiger partial charge is 0.478 e. The van der Waals surface area contributed by atoms with E-state index in [0.717, 1.165) is 20.6 Å². The molecule has 0 unspecified atom stereocenters. The third-order valence-corrected chi connectivity index (χ3v) is 3.51. The molecule has 0 aromatic heterocycles. The van der Waals surface area contributed by atoms with Crippen LogP contribution >= 0.6 is 31.9 Å². The molecule has 0 bridgehead atoms. The molecule has 0 fully saturated rings. The molecular weight excluding hydrogens is 388 g/mol. The smallest absolute Gasteiger partial charge is 0.328 e. The van der Waals surface area contributed by atoms with E-state index in [1.54, 1.807) is 18.2 Å². The van der Waals surface area contributed by atoms with Gasteiger partial charge in [-0.1, -0.05) is 28.1 Å². The van der Waals surface area contributed by atoms with Crippen LogP contribution in [0.5, 0.6) is 11.5 Å². The minimum absolute atomic E-state index is 0.663. The van der Waals surface area contributed by atoms with Gasteiger partial charge in [0.15, 0.2) is 0 Å². The van der Waals surface area contributed by atoms with Crippen LogP contribution in [0.3, 0.4) is 0 Å². The van der Waals surface area contributed by atoms with Crippen LogP contribution in [0.2, 0.25) is 0 Å². The fourth-order valence-electron chi connectivity index (χ4n) is 1.53. The molecule has 20 heavy (non-hydrogen) atoms. The molecule has 102 valence electrons. The average molecular weight is 398 g/mol. The Hall–Kier alpha value is -1.59. The van der Waals surface area contributed by atoms with Gasteiger partial charge in [-0.3, -0.25) is 0 Å². The predicted molar refractivity (Wildman–Crippen MR) is 85.0 cm³/mol. The minimum Gasteiger partial charge on any atom is -0.478 e. The molecule has 0 saturated heterocycles. The van der Waals surface area contributed by atoms with Gasteiger partial charge in [0.2, 0.25) is 0 Å². The molecule has 3 nitrogen and oxygen atoms in total. The fourth-order valence-corrected chi connectivity index (χ4v) is 2.38. The number of aliphatic carboxylic acids is 1. The maximum atomic E-state index is 10.5. The summed E-state index contributed by atoms with van der Waals surface area (Å²) in [7, 11) is 0. The number of benzene rings is 2. The number of carboxylic acids is 1. The summed E-state index contributed by atoms with van der Waals surface area (Å²) in [5, 5.41) is 8.59. The molecule has 1 N–H and O–H groups in total. The van der Waals surface area contributed by atoms with Crippen LogP contribution in [0.25, 0.3) is 6.08 Å². The van der Waals surface area contributed by atoms with E-state index < -0.39 is 5.97 Å². The Balaban J connectivity index is 2.20. The lowest BCUT2D eigenvalue weighted by Gasteiger charge is -2.08.